The van der Waals surface area contributed by atoms with Crippen LogP contribution in [0.1, 0.15) is 55.9 Å². The third-order valence-corrected chi connectivity index (χ3v) is 3.86. The predicted molar refractivity (Wildman–Crippen MR) is 84.6 cm³/mol. The van der Waals surface area contributed by atoms with E-state index in [9.17, 15) is 4.79 Å². The van der Waals surface area contributed by atoms with Crippen LogP contribution in [0.25, 0.3) is 0 Å². The van der Waals surface area contributed by atoms with Gasteiger partial charge in [0.15, 0.2) is 0 Å². The van der Waals surface area contributed by atoms with Crippen molar-refractivity contribution in [3.8, 4) is 5.75 Å². The first-order valence-corrected chi connectivity index (χ1v) is 7.58. The zero-order chi connectivity index (χ0) is 15.3. The minimum atomic E-state index is 0.271. The molecule has 0 aliphatic carbocycles. The molecule has 0 aliphatic rings. The minimum absolute atomic E-state index is 0.271. The van der Waals surface area contributed by atoms with Gasteiger partial charge in [-0.25, -0.2) is 0 Å². The van der Waals surface area contributed by atoms with Gasteiger partial charge in [0, 0.05) is 6.42 Å². The van der Waals surface area contributed by atoms with Gasteiger partial charge in [-0.15, -0.1) is 0 Å². The monoisotopic (exact) mass is 276 g/mol. The molecule has 0 N–H and O–H groups in total. The van der Waals surface area contributed by atoms with Crippen LogP contribution in [0.5, 0.6) is 5.75 Å². The Morgan fingerprint density at radius 3 is 2.45 bits per heavy atom. The number of aryl methyl sites for hydroxylation is 1. The quantitative estimate of drug-likeness (QED) is 0.730. The SMILES string of the molecule is CCCOc1cc(C)c(CC(C)CC(C)=O)c(C)c1C. The van der Waals surface area contributed by atoms with Gasteiger partial charge in [-0.3, -0.25) is 0 Å². The number of carbonyl (C=O) groups is 1. The number of Topliss-reactive ketones (excluding diaryl/α,β-unsaturated/α-hetero) is 1. The molecule has 1 aromatic rings. The lowest BCUT2D eigenvalue weighted by atomic mass is 9.89. The first-order chi connectivity index (χ1) is 9.36. The van der Waals surface area contributed by atoms with Gasteiger partial charge in [0.2, 0.25) is 0 Å². The molecule has 2 nitrogen and oxygen atoms in total. The Kier molecular flexibility index (Phi) is 6.25. The summed E-state index contributed by atoms with van der Waals surface area (Å²) in [7, 11) is 0. The van der Waals surface area contributed by atoms with Gasteiger partial charge in [-0.1, -0.05) is 13.8 Å². The lowest BCUT2D eigenvalue weighted by Crippen LogP contribution is -2.09. The topological polar surface area (TPSA) is 26.3 Å². The van der Waals surface area contributed by atoms with Gasteiger partial charge in [0.25, 0.3) is 0 Å². The van der Waals surface area contributed by atoms with E-state index < -0.39 is 0 Å². The highest BCUT2D eigenvalue weighted by Crippen LogP contribution is 2.30. The summed E-state index contributed by atoms with van der Waals surface area (Å²) in [5.41, 5.74) is 5.19. The molecular weight excluding hydrogens is 248 g/mol. The van der Waals surface area contributed by atoms with Crippen molar-refractivity contribution in [2.24, 2.45) is 5.92 Å². The van der Waals surface area contributed by atoms with E-state index in [1.165, 1.54) is 22.3 Å². The maximum atomic E-state index is 11.2. The summed E-state index contributed by atoms with van der Waals surface area (Å²) in [5.74, 6) is 1.67. The van der Waals surface area contributed by atoms with E-state index in [4.69, 9.17) is 4.74 Å². The van der Waals surface area contributed by atoms with Crippen molar-refractivity contribution in [3.05, 3.63) is 28.3 Å². The Morgan fingerprint density at radius 2 is 1.90 bits per heavy atom. The molecule has 20 heavy (non-hydrogen) atoms. The minimum Gasteiger partial charge on any atom is -0.493 e. The van der Waals surface area contributed by atoms with Crippen LogP contribution < -0.4 is 4.74 Å². The van der Waals surface area contributed by atoms with E-state index in [1.807, 2.05) is 0 Å². The van der Waals surface area contributed by atoms with Crippen LogP contribution in [0.3, 0.4) is 0 Å². The molecule has 0 spiro atoms. The Labute approximate surface area is 123 Å². The number of ether oxygens (including phenoxy) is 1. The highest BCUT2D eigenvalue weighted by atomic mass is 16.5. The number of rotatable bonds is 7. The molecule has 0 radical (unpaired) electrons. The zero-order valence-electron chi connectivity index (χ0n) is 13.8. The molecule has 1 aromatic carbocycles. The van der Waals surface area contributed by atoms with Crippen LogP contribution in [-0.4, -0.2) is 12.4 Å². The Balaban J connectivity index is 2.98. The fourth-order valence-electron chi connectivity index (χ4n) is 2.69. The normalized spacial score (nSPS) is 12.3. The largest absolute Gasteiger partial charge is 0.493 e. The lowest BCUT2D eigenvalue weighted by Gasteiger charge is -2.19. The molecule has 0 fully saturated rings. The van der Waals surface area contributed by atoms with Crippen molar-refractivity contribution in [1.82, 2.24) is 0 Å². The van der Waals surface area contributed by atoms with Crippen molar-refractivity contribution < 1.29 is 9.53 Å². The average molecular weight is 276 g/mol. The van der Waals surface area contributed by atoms with Crippen LogP contribution in [0.2, 0.25) is 0 Å². The molecule has 0 saturated carbocycles. The molecule has 1 atom stereocenters. The molecule has 0 amide bonds. The predicted octanol–water partition coefficient (Wildman–Crippen LogP) is 4.56. The van der Waals surface area contributed by atoms with Crippen molar-refractivity contribution >= 4 is 5.78 Å². The van der Waals surface area contributed by atoms with Gasteiger partial charge in [-0.05, 0) is 74.8 Å². The molecule has 1 unspecified atom stereocenters. The molecule has 112 valence electrons. The van der Waals surface area contributed by atoms with E-state index in [2.05, 4.69) is 40.7 Å². The van der Waals surface area contributed by atoms with Gasteiger partial charge in [-0.2, -0.15) is 0 Å². The van der Waals surface area contributed by atoms with Gasteiger partial charge in [0.05, 0.1) is 6.61 Å². The first kappa shape index (κ1) is 16.7. The van der Waals surface area contributed by atoms with Crippen molar-refractivity contribution in [2.75, 3.05) is 6.61 Å². The van der Waals surface area contributed by atoms with Crippen LogP contribution in [0.4, 0.5) is 0 Å². The smallest absolute Gasteiger partial charge is 0.130 e. The fraction of sp³-hybridized carbons (Fsp3) is 0.611. The maximum absolute atomic E-state index is 11.2. The standard InChI is InChI=1S/C18H28O2/c1-7-8-20-18-11-13(3)17(15(5)16(18)6)10-12(2)9-14(4)19/h11-12H,7-10H2,1-6H3. The van der Waals surface area contributed by atoms with Crippen molar-refractivity contribution in [1.29, 1.82) is 0 Å². The van der Waals surface area contributed by atoms with E-state index in [-0.39, 0.29) is 5.78 Å². The fourth-order valence-corrected chi connectivity index (χ4v) is 2.69. The second-order valence-corrected chi connectivity index (χ2v) is 5.98. The second kappa shape index (κ2) is 7.47. The summed E-state index contributed by atoms with van der Waals surface area (Å²) in [5, 5.41) is 0. The highest BCUT2D eigenvalue weighted by Gasteiger charge is 2.14. The van der Waals surface area contributed by atoms with E-state index in [0.29, 0.717) is 12.3 Å². The van der Waals surface area contributed by atoms with Crippen LogP contribution in [0, 0.1) is 26.7 Å². The van der Waals surface area contributed by atoms with Crippen LogP contribution >= 0.6 is 0 Å². The first-order valence-electron chi connectivity index (χ1n) is 7.58. The molecule has 0 aliphatic heterocycles. The molecule has 0 heterocycles. The van der Waals surface area contributed by atoms with Crippen molar-refractivity contribution in [3.63, 3.8) is 0 Å². The van der Waals surface area contributed by atoms with E-state index in [0.717, 1.165) is 25.2 Å². The number of benzene rings is 1. The number of hydrogen-bond donors (Lipinski definition) is 0. The van der Waals surface area contributed by atoms with Gasteiger partial charge in [0.1, 0.15) is 11.5 Å². The van der Waals surface area contributed by atoms with Crippen LogP contribution in [-0.2, 0) is 11.2 Å². The third kappa shape index (κ3) is 4.36. The summed E-state index contributed by atoms with van der Waals surface area (Å²) in [4.78, 5) is 11.2. The molecule has 0 saturated heterocycles. The van der Waals surface area contributed by atoms with Gasteiger partial charge >= 0.3 is 0 Å². The van der Waals surface area contributed by atoms with E-state index in [1.54, 1.807) is 6.92 Å². The maximum Gasteiger partial charge on any atom is 0.130 e. The summed E-state index contributed by atoms with van der Waals surface area (Å²) < 4.78 is 5.82. The Hall–Kier alpha value is -1.31. The van der Waals surface area contributed by atoms with Gasteiger partial charge < -0.3 is 9.53 Å². The number of hydrogen-bond acceptors (Lipinski definition) is 2. The average Bonchev–Trinajstić information content (AvgIpc) is 2.36. The molecular formula is C18H28O2. The summed E-state index contributed by atoms with van der Waals surface area (Å²) in [6.07, 6.45) is 2.65. The second-order valence-electron chi connectivity index (χ2n) is 5.98. The van der Waals surface area contributed by atoms with Crippen molar-refractivity contribution in [2.45, 2.75) is 60.8 Å². The highest BCUT2D eigenvalue weighted by molar-refractivity contribution is 5.75. The number of carbonyl (C=O) groups excluding carboxylic acids is 1. The molecule has 2 heteroatoms. The number of ketones is 1. The lowest BCUT2D eigenvalue weighted by molar-refractivity contribution is -0.117. The molecule has 1 rings (SSSR count). The van der Waals surface area contributed by atoms with Crippen LogP contribution in [0.15, 0.2) is 6.07 Å². The summed E-state index contributed by atoms with van der Waals surface area (Å²) >= 11 is 0. The van der Waals surface area contributed by atoms with E-state index >= 15 is 0 Å². The zero-order valence-corrected chi connectivity index (χ0v) is 13.8. The molecule has 0 aromatic heterocycles. The Morgan fingerprint density at radius 1 is 1.25 bits per heavy atom. The summed E-state index contributed by atoms with van der Waals surface area (Å²) in [6, 6.07) is 2.15. The molecule has 0 bridgehead atoms. The Bertz CT molecular complexity index is 475. The summed E-state index contributed by atoms with van der Waals surface area (Å²) in [6.45, 7) is 13.1. The third-order valence-electron chi connectivity index (χ3n) is 3.86.